The Bertz CT molecular complexity index is 942. The van der Waals surface area contributed by atoms with Crippen molar-refractivity contribution in [1.82, 2.24) is 0 Å². The van der Waals surface area contributed by atoms with Gasteiger partial charge in [0.25, 0.3) is 0 Å². The van der Waals surface area contributed by atoms with E-state index in [0.29, 0.717) is 0 Å². The van der Waals surface area contributed by atoms with Gasteiger partial charge in [0.05, 0.1) is 13.2 Å². The van der Waals surface area contributed by atoms with E-state index in [-0.39, 0.29) is 13.2 Å². The second kappa shape index (κ2) is 8.70. The van der Waals surface area contributed by atoms with Crippen LogP contribution in [0.3, 0.4) is 0 Å². The first-order valence-corrected chi connectivity index (χ1v) is 8.32. The van der Waals surface area contributed by atoms with Gasteiger partial charge >= 0.3 is 0 Å². The van der Waals surface area contributed by atoms with Crippen LogP contribution in [0.15, 0.2) is 72.8 Å². The van der Waals surface area contributed by atoms with E-state index in [0.717, 1.165) is 33.4 Å². The highest BCUT2D eigenvalue weighted by Crippen LogP contribution is 2.11. The first-order valence-electron chi connectivity index (χ1n) is 8.32. The van der Waals surface area contributed by atoms with Crippen LogP contribution >= 0.6 is 0 Å². The average Bonchev–Trinajstić information content (AvgIpc) is 2.71. The lowest BCUT2D eigenvalue weighted by atomic mass is 10.0. The maximum Gasteiger partial charge on any atom is 0.0694 e. The third kappa shape index (κ3) is 4.21. The van der Waals surface area contributed by atoms with Crippen LogP contribution in [0.25, 0.3) is 0 Å². The molecule has 3 aromatic rings. The van der Waals surface area contributed by atoms with E-state index >= 15 is 0 Å². The molecule has 0 aromatic heterocycles. The molecule has 0 amide bonds. The summed E-state index contributed by atoms with van der Waals surface area (Å²) in [4.78, 5) is 0. The van der Waals surface area contributed by atoms with E-state index in [4.69, 9.17) is 0 Å². The Labute approximate surface area is 153 Å². The van der Waals surface area contributed by atoms with Crippen molar-refractivity contribution in [2.45, 2.75) is 13.2 Å². The Hall–Kier alpha value is -3.30. The molecule has 0 radical (unpaired) electrons. The first-order chi connectivity index (χ1) is 12.8. The fourth-order valence-corrected chi connectivity index (χ4v) is 2.53. The normalized spacial score (nSPS) is 9.62. The van der Waals surface area contributed by atoms with Crippen LogP contribution in [0.4, 0.5) is 0 Å². The second-order valence-electron chi connectivity index (χ2n) is 5.68. The summed E-state index contributed by atoms with van der Waals surface area (Å²) in [6.45, 7) is -0.0749. The molecule has 2 N–H and O–H groups in total. The van der Waals surface area contributed by atoms with E-state index in [1.54, 1.807) is 0 Å². The van der Waals surface area contributed by atoms with Crippen molar-refractivity contribution in [1.29, 1.82) is 0 Å². The van der Waals surface area contributed by atoms with Gasteiger partial charge in [0.2, 0.25) is 0 Å². The fourth-order valence-electron chi connectivity index (χ4n) is 2.53. The van der Waals surface area contributed by atoms with E-state index in [1.807, 2.05) is 72.8 Å². The summed E-state index contributed by atoms with van der Waals surface area (Å²) >= 11 is 0. The number of hydrogen-bond acceptors (Lipinski definition) is 2. The summed E-state index contributed by atoms with van der Waals surface area (Å²) in [5.74, 6) is 12.6. The molecule has 0 saturated carbocycles. The predicted octanol–water partition coefficient (Wildman–Crippen LogP) is 3.47. The zero-order valence-corrected chi connectivity index (χ0v) is 14.2. The quantitative estimate of drug-likeness (QED) is 0.703. The molecule has 126 valence electrons. The van der Waals surface area contributed by atoms with Crippen LogP contribution in [0.2, 0.25) is 0 Å². The van der Waals surface area contributed by atoms with Crippen LogP contribution in [-0.2, 0) is 13.2 Å². The molecule has 3 rings (SSSR count). The van der Waals surface area contributed by atoms with Crippen molar-refractivity contribution in [3.63, 3.8) is 0 Å². The Morgan fingerprint density at radius 1 is 0.462 bits per heavy atom. The van der Waals surface area contributed by atoms with Crippen molar-refractivity contribution in [2.24, 2.45) is 0 Å². The Balaban J connectivity index is 1.96. The van der Waals surface area contributed by atoms with Crippen molar-refractivity contribution in [3.8, 4) is 23.7 Å². The zero-order chi connectivity index (χ0) is 18.2. The molecule has 0 unspecified atom stereocenters. The molecule has 2 nitrogen and oxygen atoms in total. The highest BCUT2D eigenvalue weighted by molar-refractivity contribution is 5.55. The lowest BCUT2D eigenvalue weighted by molar-refractivity contribution is 0.281. The highest BCUT2D eigenvalue weighted by atomic mass is 16.3. The lowest BCUT2D eigenvalue weighted by Gasteiger charge is -2.00. The minimum Gasteiger partial charge on any atom is -0.392 e. The van der Waals surface area contributed by atoms with E-state index in [1.165, 1.54) is 0 Å². The second-order valence-corrected chi connectivity index (χ2v) is 5.68. The van der Waals surface area contributed by atoms with Crippen LogP contribution in [0, 0.1) is 23.7 Å². The minimum atomic E-state index is -0.0375. The molecule has 0 aliphatic heterocycles. The van der Waals surface area contributed by atoms with Crippen molar-refractivity contribution in [3.05, 3.63) is 106 Å². The van der Waals surface area contributed by atoms with E-state index < -0.39 is 0 Å². The smallest absolute Gasteiger partial charge is 0.0694 e. The molecular weight excluding hydrogens is 320 g/mol. The van der Waals surface area contributed by atoms with Gasteiger partial charge in [-0.2, -0.15) is 0 Å². The summed E-state index contributed by atoms with van der Waals surface area (Å²) in [5, 5.41) is 18.8. The van der Waals surface area contributed by atoms with Gasteiger partial charge in [-0.05, 0) is 35.4 Å². The van der Waals surface area contributed by atoms with Crippen LogP contribution in [0.5, 0.6) is 0 Å². The Kier molecular flexibility index (Phi) is 5.86. The van der Waals surface area contributed by atoms with Crippen molar-refractivity contribution in [2.75, 3.05) is 0 Å². The van der Waals surface area contributed by atoms with Gasteiger partial charge in [-0.3, -0.25) is 0 Å². The molecule has 0 aliphatic carbocycles. The molecule has 0 aliphatic rings. The molecule has 26 heavy (non-hydrogen) atoms. The maximum atomic E-state index is 9.42. The predicted molar refractivity (Wildman–Crippen MR) is 103 cm³/mol. The van der Waals surface area contributed by atoms with Gasteiger partial charge in [-0.1, -0.05) is 72.2 Å². The first kappa shape index (κ1) is 17.5. The molecule has 0 spiro atoms. The summed E-state index contributed by atoms with van der Waals surface area (Å²) < 4.78 is 0. The van der Waals surface area contributed by atoms with Crippen LogP contribution in [0.1, 0.15) is 33.4 Å². The molecule has 0 bridgehead atoms. The fraction of sp³-hybridized carbons (Fsp3) is 0.0833. The largest absolute Gasteiger partial charge is 0.392 e. The van der Waals surface area contributed by atoms with Gasteiger partial charge in [0, 0.05) is 22.3 Å². The number of aliphatic hydroxyl groups is 2. The minimum absolute atomic E-state index is 0.0375. The SMILES string of the molecule is OCc1ccccc1C#Cc1ccccc1C#Cc1ccccc1CO. The third-order valence-corrected chi connectivity index (χ3v) is 3.97. The monoisotopic (exact) mass is 338 g/mol. The average molecular weight is 338 g/mol. The van der Waals surface area contributed by atoms with Crippen molar-refractivity contribution >= 4 is 0 Å². The van der Waals surface area contributed by atoms with Gasteiger partial charge < -0.3 is 10.2 Å². The highest BCUT2D eigenvalue weighted by Gasteiger charge is 1.99. The molecule has 3 aromatic carbocycles. The standard InChI is InChI=1S/C24H18O2/c25-17-23-11-5-3-9-21(23)15-13-19-7-1-2-8-20(19)14-16-22-10-4-6-12-24(22)18-26/h1-12,25-26H,17-18H2. The molecular formula is C24H18O2. The van der Waals surface area contributed by atoms with Gasteiger partial charge in [0.15, 0.2) is 0 Å². The van der Waals surface area contributed by atoms with E-state index in [2.05, 4.69) is 23.7 Å². The van der Waals surface area contributed by atoms with E-state index in [9.17, 15) is 10.2 Å². The van der Waals surface area contributed by atoms with Gasteiger partial charge in [-0.15, -0.1) is 0 Å². The Morgan fingerprint density at radius 2 is 0.769 bits per heavy atom. The lowest BCUT2D eigenvalue weighted by Crippen LogP contribution is -1.90. The van der Waals surface area contributed by atoms with Crippen molar-refractivity contribution < 1.29 is 10.2 Å². The van der Waals surface area contributed by atoms with Gasteiger partial charge in [-0.25, -0.2) is 0 Å². The number of aliphatic hydroxyl groups excluding tert-OH is 2. The third-order valence-electron chi connectivity index (χ3n) is 3.97. The Morgan fingerprint density at radius 3 is 1.15 bits per heavy atom. The molecule has 0 atom stereocenters. The summed E-state index contributed by atoms with van der Waals surface area (Å²) in [5.41, 5.74) is 4.89. The molecule has 0 fully saturated rings. The number of benzene rings is 3. The molecule has 0 saturated heterocycles. The molecule has 0 heterocycles. The zero-order valence-electron chi connectivity index (χ0n) is 14.2. The van der Waals surface area contributed by atoms with Crippen LogP contribution in [-0.4, -0.2) is 10.2 Å². The summed E-state index contributed by atoms with van der Waals surface area (Å²) in [6.07, 6.45) is 0. The number of rotatable bonds is 2. The summed E-state index contributed by atoms with van der Waals surface area (Å²) in [7, 11) is 0. The van der Waals surface area contributed by atoms with Crippen LogP contribution < -0.4 is 0 Å². The maximum absolute atomic E-state index is 9.42. The van der Waals surface area contributed by atoms with Gasteiger partial charge in [0.1, 0.15) is 0 Å². The topological polar surface area (TPSA) is 40.5 Å². The molecule has 2 heteroatoms. The number of hydrogen-bond donors (Lipinski definition) is 2. The summed E-state index contributed by atoms with van der Waals surface area (Å²) in [6, 6.07) is 22.8.